The van der Waals surface area contributed by atoms with Gasteiger partial charge in [0.25, 0.3) is 0 Å². The van der Waals surface area contributed by atoms with E-state index in [-0.39, 0.29) is 27.7 Å². The molecule has 0 amide bonds. The van der Waals surface area contributed by atoms with Gasteiger partial charge >= 0.3 is 0 Å². The fourth-order valence-electron chi connectivity index (χ4n) is 17.4. The third-order valence-electron chi connectivity index (χ3n) is 22.6. The second-order valence-corrected chi connectivity index (χ2v) is 29.3. The van der Waals surface area contributed by atoms with Gasteiger partial charge in [0.1, 0.15) is 0 Å². The van der Waals surface area contributed by atoms with E-state index in [0.29, 0.717) is 0 Å². The number of fused-ring (bicyclic) bond motifs is 13. The van der Waals surface area contributed by atoms with E-state index in [0.717, 1.165) is 23.5 Å². The van der Waals surface area contributed by atoms with Gasteiger partial charge in [-0.1, -0.05) is 256 Å². The van der Waals surface area contributed by atoms with Crippen molar-refractivity contribution >= 4 is 55.6 Å². The number of benzene rings is 13. The second kappa shape index (κ2) is 20.5. The van der Waals surface area contributed by atoms with E-state index >= 15 is 0 Å². The van der Waals surface area contributed by atoms with Crippen LogP contribution in [0.15, 0.2) is 291 Å². The first kappa shape index (κ1) is 56.2. The Morgan fingerprint density at radius 3 is 1.18 bits per heavy atom. The molecule has 94 heavy (non-hydrogen) atoms. The monoisotopic (exact) mass is 1210 g/mol. The lowest BCUT2D eigenvalue weighted by atomic mass is 9.77. The van der Waals surface area contributed by atoms with Crippen molar-refractivity contribution in [1.29, 1.82) is 0 Å². The molecule has 0 aliphatic heterocycles. The standard InChI is InChI=1S/C92H74N2/c1-89(2)81-29-15-13-27-73(81)79-45-39-71(55-87(79)89)93(69-37-31-57-19-9-11-21-59(57)47-69)67-25-17-23-61(49-67)63-33-41-75-77-43-35-65(53-85(77)91(5,6)83(75)51-63)66-36-44-78-76-42-34-64(52-84(76)92(7,8)86(78)54-66)62-24-18-26-68(50-62)94(70-38-32-58-20-10-12-22-60(58)48-70)72-40-46-80-74-28-14-16-30-82(74)90(3,4)88(80)56-72/h9-55,72H,56H2,1-8H3. The molecule has 1 unspecified atom stereocenters. The van der Waals surface area contributed by atoms with Gasteiger partial charge in [0.2, 0.25) is 0 Å². The summed E-state index contributed by atoms with van der Waals surface area (Å²) in [7, 11) is 0. The van der Waals surface area contributed by atoms with Crippen molar-refractivity contribution in [3.8, 4) is 66.8 Å². The quantitative estimate of drug-likeness (QED) is 0.142. The van der Waals surface area contributed by atoms with Crippen molar-refractivity contribution in [2.45, 2.75) is 89.5 Å². The summed E-state index contributed by atoms with van der Waals surface area (Å²) in [5.41, 5.74) is 34.5. The minimum Gasteiger partial charge on any atom is -0.334 e. The van der Waals surface area contributed by atoms with Crippen LogP contribution in [0, 0.1) is 0 Å². The van der Waals surface area contributed by atoms with Crippen LogP contribution in [0.4, 0.5) is 28.4 Å². The van der Waals surface area contributed by atoms with Crippen molar-refractivity contribution in [2.24, 2.45) is 0 Å². The van der Waals surface area contributed by atoms with Gasteiger partial charge < -0.3 is 9.80 Å². The highest BCUT2D eigenvalue weighted by molar-refractivity contribution is 5.95. The molecule has 0 fully saturated rings. The third-order valence-corrected chi connectivity index (χ3v) is 22.6. The predicted molar refractivity (Wildman–Crippen MR) is 398 cm³/mol. The molecule has 0 spiro atoms. The first-order valence-electron chi connectivity index (χ1n) is 33.7. The summed E-state index contributed by atoms with van der Waals surface area (Å²) in [6, 6.07) is 104. The molecule has 0 heterocycles. The third kappa shape index (κ3) is 8.47. The molecule has 1 atom stereocenters. The zero-order chi connectivity index (χ0) is 63.6. The van der Waals surface area contributed by atoms with Crippen molar-refractivity contribution in [3.05, 3.63) is 335 Å². The van der Waals surface area contributed by atoms with Crippen LogP contribution in [0.25, 0.3) is 93.9 Å². The molecular formula is C92H74N2. The molecule has 13 aromatic carbocycles. The summed E-state index contributed by atoms with van der Waals surface area (Å²) in [5.74, 6) is 0. The Labute approximate surface area is 553 Å². The van der Waals surface area contributed by atoms with E-state index in [1.807, 2.05) is 0 Å². The maximum atomic E-state index is 2.59. The number of allylic oxidation sites excluding steroid dienone is 2. The van der Waals surface area contributed by atoms with Gasteiger partial charge in [-0.15, -0.1) is 0 Å². The predicted octanol–water partition coefficient (Wildman–Crippen LogP) is 24.6. The van der Waals surface area contributed by atoms with Crippen molar-refractivity contribution in [1.82, 2.24) is 0 Å². The van der Waals surface area contributed by atoms with Crippen LogP contribution in [-0.4, -0.2) is 6.04 Å². The Bertz CT molecular complexity index is 5450. The highest BCUT2D eigenvalue weighted by Gasteiger charge is 2.42. The van der Waals surface area contributed by atoms with Crippen molar-refractivity contribution in [3.63, 3.8) is 0 Å². The Morgan fingerprint density at radius 1 is 0.266 bits per heavy atom. The van der Waals surface area contributed by atoms with Gasteiger partial charge in [0.15, 0.2) is 0 Å². The molecule has 0 aromatic heterocycles. The average molecular weight is 1210 g/mol. The lowest BCUT2D eigenvalue weighted by molar-refractivity contribution is 0.585. The van der Waals surface area contributed by atoms with E-state index in [9.17, 15) is 0 Å². The zero-order valence-electron chi connectivity index (χ0n) is 54.8. The summed E-state index contributed by atoms with van der Waals surface area (Å²) in [6.07, 6.45) is 5.82. The van der Waals surface area contributed by atoms with Gasteiger partial charge in [-0.2, -0.15) is 0 Å². The molecule has 5 aliphatic carbocycles. The van der Waals surface area contributed by atoms with E-state index in [2.05, 4.69) is 350 Å². The summed E-state index contributed by atoms with van der Waals surface area (Å²) >= 11 is 0. The van der Waals surface area contributed by atoms with Crippen LogP contribution < -0.4 is 9.80 Å². The fraction of sp³-hybridized carbons (Fsp3) is 0.152. The highest BCUT2D eigenvalue weighted by Crippen LogP contribution is 2.56. The lowest BCUT2D eigenvalue weighted by Gasteiger charge is -2.37. The molecule has 5 aliphatic rings. The van der Waals surface area contributed by atoms with Crippen LogP contribution in [0.2, 0.25) is 0 Å². The Morgan fingerprint density at radius 2 is 0.628 bits per heavy atom. The van der Waals surface area contributed by atoms with Crippen molar-refractivity contribution < 1.29 is 0 Å². The SMILES string of the molecule is CC1(C)C2=C(C=CC(N(c3cccc(-c4ccc5c(c4)C(C)(C)c4cc(-c6ccc7c(c6)C(C)(C)c6cc(-c8cccc(N(c9ccc%10c(c9)C(C)(C)c9ccccc9-%10)c9ccc%10ccccc%10c9)c8)ccc6-7)ccc4-5)c3)c3ccc4ccccc4c3)C2)c2ccccc21. The van der Waals surface area contributed by atoms with Crippen molar-refractivity contribution in [2.75, 3.05) is 9.80 Å². The fourth-order valence-corrected chi connectivity index (χ4v) is 17.4. The van der Waals surface area contributed by atoms with Crippen LogP contribution in [0.3, 0.4) is 0 Å². The number of anilines is 5. The normalized spacial score (nSPS) is 16.6. The molecule has 0 bridgehead atoms. The zero-order valence-corrected chi connectivity index (χ0v) is 54.8. The van der Waals surface area contributed by atoms with E-state index < -0.39 is 0 Å². The maximum absolute atomic E-state index is 2.59. The average Bonchev–Trinajstić information content (AvgIpc) is 1.58. The molecule has 452 valence electrons. The van der Waals surface area contributed by atoms with E-state index in [4.69, 9.17) is 0 Å². The Balaban J connectivity index is 0.642. The molecule has 18 rings (SSSR count). The number of hydrogen-bond donors (Lipinski definition) is 0. The molecule has 0 radical (unpaired) electrons. The minimum atomic E-state index is -0.222. The molecular weight excluding hydrogens is 1130 g/mol. The van der Waals surface area contributed by atoms with Crippen LogP contribution in [0.5, 0.6) is 0 Å². The summed E-state index contributed by atoms with van der Waals surface area (Å²) in [5, 5.41) is 4.96. The van der Waals surface area contributed by atoms with Gasteiger partial charge in [0.05, 0.1) is 6.04 Å². The summed E-state index contributed by atoms with van der Waals surface area (Å²) in [4.78, 5) is 5.05. The maximum Gasteiger partial charge on any atom is 0.0563 e. The topological polar surface area (TPSA) is 6.48 Å². The van der Waals surface area contributed by atoms with E-state index in [1.165, 1.54) is 155 Å². The van der Waals surface area contributed by atoms with Gasteiger partial charge in [-0.3, -0.25) is 0 Å². The highest BCUT2D eigenvalue weighted by atomic mass is 15.2. The molecule has 0 saturated carbocycles. The molecule has 0 N–H and O–H groups in total. The van der Waals surface area contributed by atoms with Crippen LogP contribution >= 0.6 is 0 Å². The van der Waals surface area contributed by atoms with Gasteiger partial charge in [-0.05, 0) is 235 Å². The smallest absolute Gasteiger partial charge is 0.0563 e. The molecule has 2 nitrogen and oxygen atoms in total. The summed E-state index contributed by atoms with van der Waals surface area (Å²) < 4.78 is 0. The van der Waals surface area contributed by atoms with Crippen LogP contribution in [-0.2, 0) is 21.7 Å². The van der Waals surface area contributed by atoms with Gasteiger partial charge in [-0.25, -0.2) is 0 Å². The Kier molecular flexibility index (Phi) is 12.3. The number of nitrogens with zero attached hydrogens (tertiary/aromatic N) is 2. The largest absolute Gasteiger partial charge is 0.334 e. The van der Waals surface area contributed by atoms with E-state index in [1.54, 1.807) is 0 Å². The summed E-state index contributed by atoms with van der Waals surface area (Å²) in [6.45, 7) is 19.3. The lowest BCUT2D eigenvalue weighted by Crippen LogP contribution is -2.33. The number of rotatable bonds is 9. The molecule has 13 aromatic rings. The molecule has 2 heteroatoms. The van der Waals surface area contributed by atoms with Gasteiger partial charge in [0, 0.05) is 50.1 Å². The second-order valence-electron chi connectivity index (χ2n) is 29.3. The van der Waals surface area contributed by atoms with Crippen LogP contribution in [0.1, 0.15) is 106 Å². The Hall–Kier alpha value is -10.5. The minimum absolute atomic E-state index is 0.0456. The first-order valence-corrected chi connectivity index (χ1v) is 33.7. The molecule has 0 saturated heterocycles. The first-order chi connectivity index (χ1) is 45.6. The number of hydrogen-bond acceptors (Lipinski definition) is 2.